The molecule has 17 nitrogen and oxygen atoms in total. The van der Waals surface area contributed by atoms with Gasteiger partial charge in [-0.05, 0) is 57.8 Å². The molecule has 0 aromatic rings. The van der Waals surface area contributed by atoms with Crippen molar-refractivity contribution < 1.29 is 67.2 Å². The molecule has 404 valence electrons. The van der Waals surface area contributed by atoms with Crippen molar-refractivity contribution in [2.45, 2.75) is 163 Å². The van der Waals surface area contributed by atoms with Crippen molar-refractivity contribution >= 4 is 18.3 Å². The summed E-state index contributed by atoms with van der Waals surface area (Å²) in [6, 6.07) is 0. The molecule has 0 spiro atoms. The summed E-state index contributed by atoms with van der Waals surface area (Å²) in [6.07, 6.45) is -0.00505. The average molecular weight is 956 g/mol. The molecule has 65 heavy (non-hydrogen) atoms. The van der Waals surface area contributed by atoms with Gasteiger partial charge in [0.25, 0.3) is 0 Å². The minimum absolute atomic E-state index is 0.0717. The van der Waals surface area contributed by atoms with E-state index in [2.05, 4.69) is 137 Å². The molecule has 0 saturated carbocycles. The number of aliphatic hydroxyl groups excluding tert-OH is 2. The lowest BCUT2D eigenvalue weighted by atomic mass is 10.3. The summed E-state index contributed by atoms with van der Waals surface area (Å²) in [5.41, 5.74) is 0. The van der Waals surface area contributed by atoms with Crippen LogP contribution < -0.4 is 16.0 Å². The number of alkyl carbamates (subject to hydrolysis) is 3. The highest BCUT2D eigenvalue weighted by Crippen LogP contribution is 1.88. The SMILES string of the molecule is CC(C)C.CC(C)C.CC(C)C.CC(C)C.CCC.CCC(O)COC.CCOC(=O)NCCOC.CCOCC(O)COC.COCCNC(=O)OC.COCCNC(=O)OC(C)C. The summed E-state index contributed by atoms with van der Waals surface area (Å²) in [7, 11) is 9.18. The Balaban J connectivity index is -0.0000000665. The zero-order valence-electron chi connectivity index (χ0n) is 47.0. The number of nitrogens with one attached hydrogen (secondary N) is 3. The molecule has 0 aromatic heterocycles. The Bertz CT molecular complexity index is 776. The highest BCUT2D eigenvalue weighted by Gasteiger charge is 2.02. The lowest BCUT2D eigenvalue weighted by Gasteiger charge is -2.08. The topological polar surface area (TPSA) is 211 Å². The van der Waals surface area contributed by atoms with Crippen LogP contribution in [0.3, 0.4) is 0 Å². The molecule has 17 heteroatoms. The van der Waals surface area contributed by atoms with Crippen molar-refractivity contribution in [1.82, 2.24) is 16.0 Å². The van der Waals surface area contributed by atoms with Crippen LogP contribution >= 0.6 is 0 Å². The first kappa shape index (κ1) is 85.8. The van der Waals surface area contributed by atoms with Gasteiger partial charge in [-0.15, -0.1) is 0 Å². The first-order chi connectivity index (χ1) is 30.2. The van der Waals surface area contributed by atoms with E-state index in [1.54, 1.807) is 56.3 Å². The number of hydrogen-bond donors (Lipinski definition) is 5. The number of aliphatic hydroxyl groups is 2. The summed E-state index contributed by atoms with van der Waals surface area (Å²) in [6.45, 7) is 44.6. The zero-order chi connectivity index (χ0) is 53.5. The van der Waals surface area contributed by atoms with E-state index in [0.29, 0.717) is 72.5 Å². The maximum atomic E-state index is 10.7. The van der Waals surface area contributed by atoms with Crippen molar-refractivity contribution in [2.24, 2.45) is 23.7 Å². The average Bonchev–Trinajstić information content (AvgIpc) is 3.18. The zero-order valence-corrected chi connectivity index (χ0v) is 47.0. The van der Waals surface area contributed by atoms with Gasteiger partial charge in [-0.25, -0.2) is 14.4 Å². The Kier molecular flexibility index (Phi) is 108. The highest BCUT2D eigenvalue weighted by molar-refractivity contribution is 5.67. The molecule has 0 aliphatic rings. The molecule has 0 fully saturated rings. The van der Waals surface area contributed by atoms with Gasteiger partial charge in [-0.2, -0.15) is 0 Å². The van der Waals surface area contributed by atoms with E-state index in [-0.39, 0.29) is 18.3 Å². The maximum Gasteiger partial charge on any atom is 0.407 e. The normalized spacial score (nSPS) is 10.2. The van der Waals surface area contributed by atoms with Crippen molar-refractivity contribution in [3.05, 3.63) is 0 Å². The molecule has 0 rings (SSSR count). The Morgan fingerprint density at radius 3 is 0.985 bits per heavy atom. The molecule has 0 radical (unpaired) electrons. The van der Waals surface area contributed by atoms with Gasteiger partial charge in [-0.3, -0.25) is 0 Å². The Morgan fingerprint density at radius 2 is 0.754 bits per heavy atom. The van der Waals surface area contributed by atoms with E-state index in [9.17, 15) is 14.4 Å². The number of amides is 3. The third-order valence-electron chi connectivity index (χ3n) is 4.23. The molecule has 0 aliphatic heterocycles. The van der Waals surface area contributed by atoms with E-state index in [4.69, 9.17) is 29.2 Å². The van der Waals surface area contributed by atoms with Crippen LogP contribution in [0.25, 0.3) is 0 Å². The molecule has 5 N–H and O–H groups in total. The van der Waals surface area contributed by atoms with Crippen LogP contribution in [0.1, 0.15) is 144 Å². The summed E-state index contributed by atoms with van der Waals surface area (Å²) in [5.74, 6) is 3.33. The third kappa shape index (κ3) is 194. The summed E-state index contributed by atoms with van der Waals surface area (Å²) in [4.78, 5) is 31.6. The number of ether oxygens (including phenoxy) is 9. The van der Waals surface area contributed by atoms with Crippen LogP contribution in [0.4, 0.5) is 14.4 Å². The Morgan fingerprint density at radius 1 is 0.446 bits per heavy atom. The Hall–Kier alpha value is -2.51. The van der Waals surface area contributed by atoms with E-state index < -0.39 is 18.3 Å². The number of hydrogen-bond acceptors (Lipinski definition) is 14. The highest BCUT2D eigenvalue weighted by atomic mass is 16.6. The number of methoxy groups -OCH3 is 6. The van der Waals surface area contributed by atoms with Gasteiger partial charge < -0.3 is 68.8 Å². The number of carbonyl (C=O) groups is 3. The lowest BCUT2D eigenvalue weighted by molar-refractivity contribution is -0.00263. The van der Waals surface area contributed by atoms with Crippen molar-refractivity contribution in [2.75, 3.05) is 115 Å². The monoisotopic (exact) mass is 956 g/mol. The molecule has 0 aromatic carbocycles. The molecule has 0 saturated heterocycles. The molecule has 2 unspecified atom stereocenters. The first-order valence-corrected chi connectivity index (χ1v) is 23.3. The van der Waals surface area contributed by atoms with Crippen molar-refractivity contribution in [3.8, 4) is 0 Å². The van der Waals surface area contributed by atoms with Gasteiger partial charge in [0.2, 0.25) is 0 Å². The lowest BCUT2D eigenvalue weighted by Crippen LogP contribution is -2.29. The van der Waals surface area contributed by atoms with Crippen LogP contribution in [0.15, 0.2) is 0 Å². The van der Waals surface area contributed by atoms with Gasteiger partial charge in [0.15, 0.2) is 0 Å². The number of rotatable bonds is 19. The number of carbonyl (C=O) groups excluding carboxylic acids is 3. The standard InChI is InChI=1S/C7H15NO3.C6H13NO3.C6H14O3.C5H11NO3.C5H12O2.4C4H10.C3H8/c1-6(2)11-7(9)8-4-5-10-3;1-3-10-6(8)7-4-5-9-2;1-3-9-5-6(7)4-8-2;1-8-4-3-6-5(7)9-2;1-3-5(6)4-7-2;4*1-4(2)3;1-3-2/h6H,4-5H2,1-3H3,(H,8,9);3-5H2,1-2H3,(H,7,8);6-7H,3-5H2,1-2H3;3-4H2,1-2H3,(H,6,7);5-6H,3-4H2,1-2H3;4*4H,1-3H3;3H2,1-2H3. The molecular weight excluding hydrogens is 843 g/mol. The van der Waals surface area contributed by atoms with Gasteiger partial charge in [0.1, 0.15) is 6.10 Å². The van der Waals surface area contributed by atoms with Gasteiger partial charge in [-0.1, -0.05) is 110 Å². The molecule has 2 atom stereocenters. The van der Waals surface area contributed by atoms with Crippen LogP contribution in [0, 0.1) is 23.7 Å². The van der Waals surface area contributed by atoms with Crippen LogP contribution in [0.5, 0.6) is 0 Å². The van der Waals surface area contributed by atoms with E-state index in [1.165, 1.54) is 13.5 Å². The molecule has 0 bridgehead atoms. The van der Waals surface area contributed by atoms with Gasteiger partial charge >= 0.3 is 18.3 Å². The van der Waals surface area contributed by atoms with E-state index >= 15 is 0 Å². The summed E-state index contributed by atoms with van der Waals surface area (Å²) >= 11 is 0. The predicted octanol–water partition coefficient (Wildman–Crippen LogP) is 9.63. The van der Waals surface area contributed by atoms with Gasteiger partial charge in [0, 0.05) is 61.8 Å². The molecule has 3 amide bonds. The smallest absolute Gasteiger partial charge is 0.407 e. The fourth-order valence-electron chi connectivity index (χ4n) is 2.08. The summed E-state index contributed by atoms with van der Waals surface area (Å²) in [5, 5.41) is 25.1. The fourth-order valence-corrected chi connectivity index (χ4v) is 2.08. The fraction of sp³-hybridized carbons (Fsp3) is 0.938. The molecular formula is C48H113N3O14. The second-order valence-corrected chi connectivity index (χ2v) is 16.3. The predicted molar refractivity (Wildman–Crippen MR) is 271 cm³/mol. The molecule has 0 heterocycles. The third-order valence-corrected chi connectivity index (χ3v) is 4.23. The molecule has 0 aliphatic carbocycles. The van der Waals surface area contributed by atoms with Crippen LogP contribution in [0.2, 0.25) is 0 Å². The van der Waals surface area contributed by atoms with Crippen molar-refractivity contribution in [3.63, 3.8) is 0 Å². The first-order valence-electron chi connectivity index (χ1n) is 23.3. The minimum Gasteiger partial charge on any atom is -0.453 e. The van der Waals surface area contributed by atoms with Crippen molar-refractivity contribution in [1.29, 1.82) is 0 Å². The van der Waals surface area contributed by atoms with Crippen LogP contribution in [-0.4, -0.2) is 162 Å². The Labute approximate surface area is 402 Å². The summed E-state index contributed by atoms with van der Waals surface area (Å²) < 4.78 is 42.0. The second-order valence-electron chi connectivity index (χ2n) is 16.3. The maximum absolute atomic E-state index is 10.7. The van der Waals surface area contributed by atoms with E-state index in [1.807, 2.05) is 13.8 Å². The second kappa shape index (κ2) is 81.7. The largest absolute Gasteiger partial charge is 0.453 e. The van der Waals surface area contributed by atoms with E-state index in [0.717, 1.165) is 30.1 Å². The minimum atomic E-state index is -0.477. The quantitative estimate of drug-likeness (QED) is 0.0603. The van der Waals surface area contributed by atoms with Crippen LogP contribution in [-0.2, 0) is 42.6 Å². The van der Waals surface area contributed by atoms with Gasteiger partial charge in [0.05, 0.1) is 65.6 Å².